The third-order valence-corrected chi connectivity index (χ3v) is 4.68. The van der Waals surface area contributed by atoms with Crippen molar-refractivity contribution in [2.24, 2.45) is 5.92 Å². The Morgan fingerprint density at radius 2 is 2.00 bits per heavy atom. The van der Waals surface area contributed by atoms with Crippen LogP contribution in [-0.4, -0.2) is 44.9 Å². The van der Waals surface area contributed by atoms with Gasteiger partial charge in [0.1, 0.15) is 5.82 Å². The van der Waals surface area contributed by atoms with Gasteiger partial charge in [0.25, 0.3) is 0 Å². The molecule has 0 radical (unpaired) electrons. The van der Waals surface area contributed by atoms with E-state index < -0.39 is 0 Å². The second-order valence-electron chi connectivity index (χ2n) is 6.58. The number of likely N-dealkylation sites (tertiary alicyclic amines) is 1. The number of rotatable bonds is 4. The molecule has 3 aromatic rings. The molecule has 1 unspecified atom stereocenters. The maximum absolute atomic E-state index is 12.3. The number of fused-ring (bicyclic) bond motifs is 1. The molecule has 26 heavy (non-hydrogen) atoms. The van der Waals surface area contributed by atoms with Crippen LogP contribution in [0.5, 0.6) is 0 Å². The normalized spacial score (nSPS) is 17.0. The van der Waals surface area contributed by atoms with Crippen molar-refractivity contribution < 1.29 is 9.59 Å². The maximum atomic E-state index is 12.3. The van der Waals surface area contributed by atoms with Crippen molar-refractivity contribution in [2.45, 2.75) is 12.8 Å². The number of carbonyl (C=O) groups is 2. The van der Waals surface area contributed by atoms with Crippen LogP contribution in [-0.2, 0) is 16.0 Å². The highest BCUT2D eigenvalue weighted by Crippen LogP contribution is 2.19. The number of carbonyl (C=O) groups excluding carboxylic acids is 2. The van der Waals surface area contributed by atoms with Gasteiger partial charge in [0, 0.05) is 38.3 Å². The average Bonchev–Trinajstić information content (AvgIpc) is 3.20. The average molecular weight is 349 g/mol. The van der Waals surface area contributed by atoms with Gasteiger partial charge in [-0.25, -0.2) is 0 Å². The predicted molar refractivity (Wildman–Crippen MR) is 96.6 cm³/mol. The van der Waals surface area contributed by atoms with E-state index in [2.05, 4.69) is 15.5 Å². The van der Waals surface area contributed by atoms with Crippen LogP contribution in [0.4, 0.5) is 5.69 Å². The van der Waals surface area contributed by atoms with Crippen LogP contribution >= 0.6 is 0 Å². The van der Waals surface area contributed by atoms with E-state index in [1.54, 1.807) is 11.9 Å². The van der Waals surface area contributed by atoms with E-state index in [1.807, 2.05) is 53.1 Å². The van der Waals surface area contributed by atoms with Crippen molar-refractivity contribution in [2.75, 3.05) is 18.9 Å². The molecule has 1 N–H and O–H groups in total. The van der Waals surface area contributed by atoms with Gasteiger partial charge in [0.15, 0.2) is 5.65 Å². The second kappa shape index (κ2) is 6.59. The highest BCUT2D eigenvalue weighted by molar-refractivity contribution is 5.97. The quantitative estimate of drug-likeness (QED) is 0.778. The van der Waals surface area contributed by atoms with Crippen LogP contribution in [0.25, 0.3) is 5.65 Å². The molecule has 1 aliphatic heterocycles. The Kier molecular flexibility index (Phi) is 4.12. The molecule has 1 saturated heterocycles. The molecule has 7 heteroatoms. The summed E-state index contributed by atoms with van der Waals surface area (Å²) in [6, 6.07) is 13.5. The van der Waals surface area contributed by atoms with Gasteiger partial charge in [-0.3, -0.25) is 14.0 Å². The molecule has 0 spiro atoms. The summed E-state index contributed by atoms with van der Waals surface area (Å²) in [6.45, 7) is 0.475. The van der Waals surface area contributed by atoms with E-state index in [4.69, 9.17) is 0 Å². The first-order valence-corrected chi connectivity index (χ1v) is 8.52. The topological polar surface area (TPSA) is 79.6 Å². The summed E-state index contributed by atoms with van der Waals surface area (Å²) in [7, 11) is 1.72. The fourth-order valence-corrected chi connectivity index (χ4v) is 3.18. The number of anilines is 1. The van der Waals surface area contributed by atoms with Crippen molar-refractivity contribution in [3.63, 3.8) is 0 Å². The van der Waals surface area contributed by atoms with E-state index in [9.17, 15) is 9.59 Å². The summed E-state index contributed by atoms with van der Waals surface area (Å²) in [6.07, 6.45) is 2.88. The van der Waals surface area contributed by atoms with Crippen LogP contribution in [0.3, 0.4) is 0 Å². The minimum absolute atomic E-state index is 0.0148. The molecule has 2 amide bonds. The Bertz CT molecular complexity index is 963. The lowest BCUT2D eigenvalue weighted by atomic mass is 10.1. The van der Waals surface area contributed by atoms with Crippen molar-refractivity contribution in [1.29, 1.82) is 0 Å². The third kappa shape index (κ3) is 3.15. The molecule has 1 fully saturated rings. The molecule has 0 aliphatic carbocycles. The Morgan fingerprint density at radius 3 is 2.73 bits per heavy atom. The number of aromatic nitrogens is 3. The first-order valence-electron chi connectivity index (χ1n) is 8.52. The van der Waals surface area contributed by atoms with Crippen LogP contribution in [0.2, 0.25) is 0 Å². The molecule has 4 rings (SSSR count). The first kappa shape index (κ1) is 16.3. The van der Waals surface area contributed by atoms with Gasteiger partial charge in [0.2, 0.25) is 11.8 Å². The molecular weight excluding hydrogens is 330 g/mol. The number of hydrogen-bond acceptors (Lipinski definition) is 4. The molecule has 0 bridgehead atoms. The number of amides is 2. The second-order valence-corrected chi connectivity index (χ2v) is 6.58. The van der Waals surface area contributed by atoms with Crippen molar-refractivity contribution in [3.05, 3.63) is 60.0 Å². The highest BCUT2D eigenvalue weighted by Gasteiger charge is 2.32. The van der Waals surface area contributed by atoms with Crippen LogP contribution < -0.4 is 5.32 Å². The molecule has 1 atom stereocenters. The van der Waals surface area contributed by atoms with Crippen molar-refractivity contribution in [1.82, 2.24) is 19.5 Å². The molecular formula is C19H19N5O2. The molecule has 1 aromatic carbocycles. The monoisotopic (exact) mass is 349 g/mol. The Labute approximate surface area is 150 Å². The fourth-order valence-electron chi connectivity index (χ4n) is 3.18. The van der Waals surface area contributed by atoms with Crippen LogP contribution in [0.15, 0.2) is 48.7 Å². The van der Waals surface area contributed by atoms with Gasteiger partial charge >= 0.3 is 0 Å². The van der Waals surface area contributed by atoms with Crippen LogP contribution in [0, 0.1) is 5.92 Å². The molecule has 3 heterocycles. The Morgan fingerprint density at radius 1 is 1.19 bits per heavy atom. The van der Waals surface area contributed by atoms with Gasteiger partial charge in [-0.2, -0.15) is 0 Å². The lowest BCUT2D eigenvalue weighted by Crippen LogP contribution is -2.25. The third-order valence-electron chi connectivity index (χ3n) is 4.68. The van der Waals surface area contributed by atoms with Gasteiger partial charge in [-0.1, -0.05) is 18.2 Å². The molecule has 0 saturated carbocycles. The highest BCUT2D eigenvalue weighted by atomic mass is 16.2. The summed E-state index contributed by atoms with van der Waals surface area (Å²) in [5, 5.41) is 11.3. The SMILES string of the molecule is CN1CC(C(=O)Nc2ccc(Cc3nnc4ccccn34)cc2)CC1=O. The Hall–Kier alpha value is -3.22. The molecule has 132 valence electrons. The minimum Gasteiger partial charge on any atom is -0.345 e. The van der Waals surface area contributed by atoms with E-state index >= 15 is 0 Å². The van der Waals surface area contributed by atoms with Crippen molar-refractivity contribution in [3.8, 4) is 0 Å². The number of nitrogens with zero attached hydrogens (tertiary/aromatic N) is 4. The molecule has 2 aromatic heterocycles. The Balaban J connectivity index is 1.42. The lowest BCUT2D eigenvalue weighted by Gasteiger charge is -2.11. The minimum atomic E-state index is -0.283. The summed E-state index contributed by atoms with van der Waals surface area (Å²) in [5.74, 6) is 0.486. The summed E-state index contributed by atoms with van der Waals surface area (Å²) in [4.78, 5) is 25.4. The maximum Gasteiger partial charge on any atom is 0.229 e. The van der Waals surface area contributed by atoms with E-state index in [-0.39, 0.29) is 24.2 Å². The van der Waals surface area contributed by atoms with Crippen molar-refractivity contribution >= 4 is 23.1 Å². The number of hydrogen-bond donors (Lipinski definition) is 1. The summed E-state index contributed by atoms with van der Waals surface area (Å²) < 4.78 is 1.96. The molecule has 7 nitrogen and oxygen atoms in total. The zero-order valence-corrected chi connectivity index (χ0v) is 14.4. The first-order chi connectivity index (χ1) is 12.6. The number of benzene rings is 1. The standard InChI is InChI=1S/C19H19N5O2/c1-23-12-14(11-18(23)25)19(26)20-15-7-5-13(6-8-15)10-17-22-21-16-4-2-3-9-24(16)17/h2-9,14H,10-12H2,1H3,(H,20,26). The smallest absolute Gasteiger partial charge is 0.229 e. The zero-order valence-electron chi connectivity index (χ0n) is 14.4. The summed E-state index contributed by atoms with van der Waals surface area (Å²) >= 11 is 0. The lowest BCUT2D eigenvalue weighted by molar-refractivity contribution is -0.127. The number of nitrogens with one attached hydrogen (secondary N) is 1. The number of pyridine rings is 1. The van der Waals surface area contributed by atoms with E-state index in [1.165, 1.54) is 0 Å². The zero-order chi connectivity index (χ0) is 18.1. The summed E-state index contributed by atoms with van der Waals surface area (Å²) in [5.41, 5.74) is 2.63. The van der Waals surface area contributed by atoms with E-state index in [0.717, 1.165) is 22.7 Å². The van der Waals surface area contributed by atoms with Gasteiger partial charge in [0.05, 0.1) is 5.92 Å². The van der Waals surface area contributed by atoms with E-state index in [0.29, 0.717) is 13.0 Å². The van der Waals surface area contributed by atoms with Gasteiger partial charge in [-0.15, -0.1) is 10.2 Å². The van der Waals surface area contributed by atoms with Gasteiger partial charge < -0.3 is 10.2 Å². The van der Waals surface area contributed by atoms with Gasteiger partial charge in [-0.05, 0) is 29.8 Å². The predicted octanol–water partition coefficient (Wildman–Crippen LogP) is 1.74. The molecule has 1 aliphatic rings. The largest absolute Gasteiger partial charge is 0.345 e. The van der Waals surface area contributed by atoms with Crippen LogP contribution in [0.1, 0.15) is 17.8 Å². The fraction of sp³-hybridized carbons (Fsp3) is 0.263.